The average Bonchev–Trinajstić information content (AvgIpc) is 3.30. The number of hydrogen-bond donors (Lipinski definition) is 2. The van der Waals surface area contributed by atoms with Crippen LogP contribution in [0, 0.1) is 0 Å². The molecule has 1 aliphatic carbocycles. The molecule has 0 radical (unpaired) electrons. The quantitative estimate of drug-likeness (QED) is 0.856. The van der Waals surface area contributed by atoms with Crippen LogP contribution in [0.5, 0.6) is 5.75 Å². The standard InChI is InChI=1S/C16H21BrN2O2/c17-14-7-6-13(9-11(14)10-19-12-4-5-12)21-15-3-1-2-8-18-16(15)20/h6-7,9,12,15,19H,1-5,8,10H2,(H,18,20). The minimum absolute atomic E-state index is 0.00748. The monoisotopic (exact) mass is 352 g/mol. The molecule has 2 fully saturated rings. The van der Waals surface area contributed by atoms with Crippen LogP contribution >= 0.6 is 15.9 Å². The summed E-state index contributed by atoms with van der Waals surface area (Å²) in [6.07, 6.45) is 5.03. The third-order valence-corrected chi connectivity index (χ3v) is 4.71. The van der Waals surface area contributed by atoms with Crippen molar-refractivity contribution >= 4 is 21.8 Å². The maximum absolute atomic E-state index is 11.9. The van der Waals surface area contributed by atoms with Crippen molar-refractivity contribution in [2.24, 2.45) is 0 Å². The van der Waals surface area contributed by atoms with Crippen LogP contribution in [-0.4, -0.2) is 24.6 Å². The van der Waals surface area contributed by atoms with Gasteiger partial charge < -0.3 is 15.4 Å². The van der Waals surface area contributed by atoms with E-state index in [1.165, 1.54) is 18.4 Å². The van der Waals surface area contributed by atoms with Gasteiger partial charge in [-0.15, -0.1) is 0 Å². The number of nitrogens with one attached hydrogen (secondary N) is 2. The summed E-state index contributed by atoms with van der Waals surface area (Å²) in [4.78, 5) is 11.9. The minimum Gasteiger partial charge on any atom is -0.481 e. The second-order valence-electron chi connectivity index (χ2n) is 5.80. The van der Waals surface area contributed by atoms with E-state index in [0.717, 1.165) is 42.6 Å². The van der Waals surface area contributed by atoms with Crippen LogP contribution in [-0.2, 0) is 11.3 Å². The molecule has 1 saturated carbocycles. The summed E-state index contributed by atoms with van der Waals surface area (Å²) in [6, 6.07) is 6.61. The fourth-order valence-corrected chi connectivity index (χ4v) is 2.88. The zero-order valence-corrected chi connectivity index (χ0v) is 13.6. The highest BCUT2D eigenvalue weighted by molar-refractivity contribution is 9.10. The van der Waals surface area contributed by atoms with Crippen LogP contribution in [0.2, 0.25) is 0 Å². The van der Waals surface area contributed by atoms with Crippen molar-refractivity contribution in [2.75, 3.05) is 6.54 Å². The molecular weight excluding hydrogens is 332 g/mol. The lowest BCUT2D eigenvalue weighted by Gasteiger charge is -2.17. The molecule has 1 unspecified atom stereocenters. The van der Waals surface area contributed by atoms with Gasteiger partial charge in [0.2, 0.25) is 0 Å². The molecule has 2 aliphatic rings. The number of hydrogen-bond acceptors (Lipinski definition) is 3. The van der Waals surface area contributed by atoms with Gasteiger partial charge in [0.05, 0.1) is 0 Å². The molecule has 5 heteroatoms. The first kappa shape index (κ1) is 14.9. The maximum Gasteiger partial charge on any atom is 0.261 e. The van der Waals surface area contributed by atoms with Crippen molar-refractivity contribution in [1.82, 2.24) is 10.6 Å². The summed E-state index contributed by atoms with van der Waals surface area (Å²) >= 11 is 3.58. The largest absolute Gasteiger partial charge is 0.481 e. The van der Waals surface area contributed by atoms with E-state index in [2.05, 4.69) is 26.6 Å². The van der Waals surface area contributed by atoms with Gasteiger partial charge >= 0.3 is 0 Å². The molecule has 114 valence electrons. The van der Waals surface area contributed by atoms with Gasteiger partial charge in [-0.2, -0.15) is 0 Å². The van der Waals surface area contributed by atoms with Gasteiger partial charge in [-0.1, -0.05) is 15.9 Å². The summed E-state index contributed by atoms with van der Waals surface area (Å²) < 4.78 is 6.98. The van der Waals surface area contributed by atoms with Crippen molar-refractivity contribution in [3.8, 4) is 5.75 Å². The Morgan fingerprint density at radius 1 is 1.29 bits per heavy atom. The third-order valence-electron chi connectivity index (χ3n) is 3.94. The summed E-state index contributed by atoms with van der Waals surface area (Å²) in [6.45, 7) is 1.59. The Morgan fingerprint density at radius 3 is 2.95 bits per heavy atom. The molecule has 0 spiro atoms. The Kier molecular flexibility index (Phi) is 4.80. The number of ether oxygens (including phenoxy) is 1. The van der Waals surface area contributed by atoms with Gasteiger partial charge in [0.1, 0.15) is 5.75 Å². The zero-order valence-electron chi connectivity index (χ0n) is 12.0. The highest BCUT2D eigenvalue weighted by Gasteiger charge is 2.23. The van der Waals surface area contributed by atoms with E-state index < -0.39 is 0 Å². The van der Waals surface area contributed by atoms with Crippen LogP contribution in [0.3, 0.4) is 0 Å². The molecule has 3 rings (SSSR count). The Labute approximate surface area is 133 Å². The molecule has 1 heterocycles. The smallest absolute Gasteiger partial charge is 0.261 e. The molecule has 1 aromatic carbocycles. The van der Waals surface area contributed by atoms with Crippen LogP contribution in [0.25, 0.3) is 0 Å². The van der Waals surface area contributed by atoms with E-state index in [1.54, 1.807) is 0 Å². The maximum atomic E-state index is 11.9. The van der Waals surface area contributed by atoms with Crippen LogP contribution in [0.4, 0.5) is 0 Å². The van der Waals surface area contributed by atoms with E-state index in [9.17, 15) is 4.79 Å². The molecular formula is C16H21BrN2O2. The Bertz CT molecular complexity index is 517. The van der Waals surface area contributed by atoms with Crippen LogP contribution < -0.4 is 15.4 Å². The van der Waals surface area contributed by atoms with Crippen molar-refractivity contribution in [1.29, 1.82) is 0 Å². The van der Waals surface area contributed by atoms with Gasteiger partial charge in [-0.3, -0.25) is 4.79 Å². The predicted molar refractivity (Wildman–Crippen MR) is 85.3 cm³/mol. The van der Waals surface area contributed by atoms with Crippen molar-refractivity contribution in [3.63, 3.8) is 0 Å². The molecule has 2 N–H and O–H groups in total. The Hall–Kier alpha value is -1.07. The number of carbonyl (C=O) groups is 1. The molecule has 1 amide bonds. The van der Waals surface area contributed by atoms with Gasteiger partial charge in [0.15, 0.2) is 6.10 Å². The number of benzene rings is 1. The molecule has 1 aromatic rings. The lowest BCUT2D eigenvalue weighted by atomic mass is 10.1. The second kappa shape index (κ2) is 6.79. The SMILES string of the molecule is O=C1NCCCCC1Oc1ccc(Br)c(CNC2CC2)c1. The van der Waals surface area contributed by atoms with Crippen LogP contribution in [0.15, 0.2) is 22.7 Å². The fourth-order valence-electron chi connectivity index (χ4n) is 2.49. The van der Waals surface area contributed by atoms with Gasteiger partial charge in [-0.25, -0.2) is 0 Å². The first-order valence-electron chi connectivity index (χ1n) is 7.68. The molecule has 21 heavy (non-hydrogen) atoms. The number of halogens is 1. The topological polar surface area (TPSA) is 50.4 Å². The number of amides is 1. The van der Waals surface area contributed by atoms with Gasteiger partial charge in [0.25, 0.3) is 5.91 Å². The molecule has 4 nitrogen and oxygen atoms in total. The van der Waals surface area contributed by atoms with Crippen molar-refractivity contribution < 1.29 is 9.53 Å². The Morgan fingerprint density at radius 2 is 2.14 bits per heavy atom. The van der Waals surface area contributed by atoms with Gasteiger partial charge in [-0.05, 0) is 55.9 Å². The third kappa shape index (κ3) is 4.20. The number of rotatable bonds is 5. The molecule has 1 saturated heterocycles. The first-order chi connectivity index (χ1) is 10.2. The number of carbonyl (C=O) groups excluding carboxylic acids is 1. The zero-order chi connectivity index (χ0) is 14.7. The highest BCUT2D eigenvalue weighted by Crippen LogP contribution is 2.26. The second-order valence-corrected chi connectivity index (χ2v) is 6.66. The van der Waals surface area contributed by atoms with Crippen LogP contribution in [0.1, 0.15) is 37.7 Å². The predicted octanol–water partition coefficient (Wildman–Crippen LogP) is 2.75. The van der Waals surface area contributed by atoms with E-state index in [-0.39, 0.29) is 12.0 Å². The molecule has 1 aliphatic heterocycles. The Balaban J connectivity index is 1.66. The molecule has 0 aromatic heterocycles. The van der Waals surface area contributed by atoms with E-state index in [4.69, 9.17) is 4.74 Å². The lowest BCUT2D eigenvalue weighted by Crippen LogP contribution is -2.36. The molecule has 0 bridgehead atoms. The van der Waals surface area contributed by atoms with E-state index >= 15 is 0 Å². The summed E-state index contributed by atoms with van der Waals surface area (Å²) in [5.41, 5.74) is 1.17. The first-order valence-corrected chi connectivity index (χ1v) is 8.48. The molecule has 1 atom stereocenters. The fraction of sp³-hybridized carbons (Fsp3) is 0.562. The van der Waals surface area contributed by atoms with Crippen molar-refractivity contribution in [2.45, 2.75) is 50.8 Å². The van der Waals surface area contributed by atoms with Gasteiger partial charge in [0, 0.05) is 23.6 Å². The normalized spacial score (nSPS) is 22.5. The lowest BCUT2D eigenvalue weighted by molar-refractivity contribution is -0.127. The summed E-state index contributed by atoms with van der Waals surface area (Å²) in [7, 11) is 0. The highest BCUT2D eigenvalue weighted by atomic mass is 79.9. The summed E-state index contributed by atoms with van der Waals surface area (Å²) in [5.74, 6) is 0.779. The average molecular weight is 353 g/mol. The van der Waals surface area contributed by atoms with Crippen molar-refractivity contribution in [3.05, 3.63) is 28.2 Å². The minimum atomic E-state index is -0.363. The van der Waals surface area contributed by atoms with E-state index in [1.807, 2.05) is 18.2 Å². The summed E-state index contributed by atoms with van der Waals surface area (Å²) in [5, 5.41) is 6.40. The van der Waals surface area contributed by atoms with E-state index in [0.29, 0.717) is 6.04 Å².